The summed E-state index contributed by atoms with van der Waals surface area (Å²) in [5, 5.41) is 11.8. The minimum atomic E-state index is 1.08. The number of benzene rings is 15. The number of nitrogens with zero attached hydrogens (tertiary/aromatic N) is 4. The molecule has 0 atom stereocenters. The van der Waals surface area contributed by atoms with E-state index in [-0.39, 0.29) is 0 Å². The van der Waals surface area contributed by atoms with Crippen LogP contribution in [0.5, 0.6) is 0 Å². The predicted octanol–water partition coefficient (Wildman–Crippen LogP) is 23.8. The van der Waals surface area contributed by atoms with Gasteiger partial charge in [-0.3, -0.25) is 0 Å². The Morgan fingerprint density at radius 2 is 0.444 bits per heavy atom. The van der Waals surface area contributed by atoms with E-state index in [2.05, 4.69) is 371 Å². The Bertz CT molecular complexity index is 5070. The van der Waals surface area contributed by atoms with E-state index in [1.807, 2.05) is 0 Å². The van der Waals surface area contributed by atoms with Crippen molar-refractivity contribution >= 4 is 99.0 Å². The van der Waals surface area contributed by atoms with Crippen molar-refractivity contribution in [1.82, 2.24) is 9.13 Å². The Kier molecular flexibility index (Phi) is 12.8. The molecule has 0 bridgehead atoms. The first-order valence-electron chi connectivity index (χ1n) is 30.9. The summed E-state index contributed by atoms with van der Waals surface area (Å²) in [6, 6.07) is 129. The van der Waals surface area contributed by atoms with Gasteiger partial charge >= 0.3 is 0 Å². The van der Waals surface area contributed by atoms with Crippen molar-refractivity contribution in [1.29, 1.82) is 0 Å². The van der Waals surface area contributed by atoms with Crippen molar-refractivity contribution in [2.24, 2.45) is 0 Å². The van der Waals surface area contributed by atoms with Gasteiger partial charge in [0.2, 0.25) is 0 Å². The second-order valence-electron chi connectivity index (χ2n) is 23.2. The summed E-state index contributed by atoms with van der Waals surface area (Å²) in [4.78, 5) is 4.68. The molecule has 15 aromatic carbocycles. The number of rotatable bonds is 12. The summed E-state index contributed by atoms with van der Waals surface area (Å²) in [6.07, 6.45) is 0. The summed E-state index contributed by atoms with van der Waals surface area (Å²) >= 11 is 0. The van der Waals surface area contributed by atoms with E-state index < -0.39 is 0 Å². The summed E-state index contributed by atoms with van der Waals surface area (Å²) < 4.78 is 5.17. The molecule has 0 spiro atoms. The Morgan fingerprint density at radius 1 is 0.189 bits per heavy atom. The second-order valence-corrected chi connectivity index (χ2v) is 23.2. The van der Waals surface area contributed by atoms with E-state index in [9.17, 15) is 0 Å². The molecule has 422 valence electrons. The van der Waals surface area contributed by atoms with E-state index in [0.717, 1.165) is 101 Å². The van der Waals surface area contributed by atoms with E-state index in [1.165, 1.54) is 54.2 Å². The minimum absolute atomic E-state index is 1.08. The topological polar surface area (TPSA) is 16.3 Å². The molecule has 0 unspecified atom stereocenters. The molecule has 0 fully saturated rings. The molecule has 0 saturated heterocycles. The molecule has 4 heteroatoms. The van der Waals surface area contributed by atoms with Gasteiger partial charge in [-0.1, -0.05) is 255 Å². The molecule has 0 radical (unpaired) electrons. The van der Waals surface area contributed by atoms with Crippen LogP contribution in [-0.2, 0) is 0 Å². The van der Waals surface area contributed by atoms with Crippen LogP contribution in [0.25, 0.3) is 121 Å². The quantitative estimate of drug-likeness (QED) is 0.113. The Morgan fingerprint density at radius 3 is 0.756 bits per heavy atom. The summed E-state index contributed by atoms with van der Waals surface area (Å²) in [5.41, 5.74) is 20.3. The van der Waals surface area contributed by atoms with Crippen LogP contribution >= 0.6 is 0 Å². The largest absolute Gasteiger partial charge is 0.310 e. The molecule has 17 aromatic rings. The Balaban J connectivity index is 0.926. The molecule has 4 nitrogen and oxygen atoms in total. The van der Waals surface area contributed by atoms with Gasteiger partial charge in [0.25, 0.3) is 0 Å². The maximum absolute atomic E-state index is 2.58. The zero-order valence-electron chi connectivity index (χ0n) is 49.3. The van der Waals surface area contributed by atoms with Crippen LogP contribution in [0, 0.1) is 0 Å². The lowest BCUT2D eigenvalue weighted by molar-refractivity contribution is 1.11. The summed E-state index contributed by atoms with van der Waals surface area (Å²) in [7, 11) is 0. The van der Waals surface area contributed by atoms with E-state index in [4.69, 9.17) is 0 Å². The maximum Gasteiger partial charge on any atom is 0.0789 e. The third-order valence-corrected chi connectivity index (χ3v) is 18.0. The zero-order chi connectivity index (χ0) is 59.5. The van der Waals surface area contributed by atoms with Crippen molar-refractivity contribution in [3.05, 3.63) is 352 Å². The first-order chi connectivity index (χ1) is 44.7. The highest BCUT2D eigenvalue weighted by Gasteiger charge is 2.30. The molecule has 0 amide bonds. The zero-order valence-corrected chi connectivity index (χ0v) is 49.3. The van der Waals surface area contributed by atoms with Crippen LogP contribution in [0.3, 0.4) is 0 Å². The Hall–Kier alpha value is -12.0. The minimum Gasteiger partial charge on any atom is -0.310 e. The first kappa shape index (κ1) is 52.4. The van der Waals surface area contributed by atoms with Crippen molar-refractivity contribution in [3.63, 3.8) is 0 Å². The van der Waals surface area contributed by atoms with E-state index in [0.29, 0.717) is 0 Å². The second kappa shape index (κ2) is 22.1. The fourth-order valence-electron chi connectivity index (χ4n) is 14.0. The van der Waals surface area contributed by atoms with Gasteiger partial charge in [0, 0.05) is 67.4 Å². The molecule has 0 saturated carbocycles. The maximum atomic E-state index is 2.58. The number of aromatic nitrogens is 2. The molecular formula is C86H58N4. The van der Waals surface area contributed by atoms with Gasteiger partial charge in [-0.2, -0.15) is 0 Å². The van der Waals surface area contributed by atoms with E-state index in [1.54, 1.807) is 0 Å². The number of fused-ring (bicyclic) bond motifs is 9. The molecule has 17 rings (SSSR count). The molecule has 0 aliphatic rings. The van der Waals surface area contributed by atoms with Crippen LogP contribution in [-0.4, -0.2) is 9.13 Å². The fourth-order valence-corrected chi connectivity index (χ4v) is 14.0. The number of para-hydroxylation sites is 4. The number of anilines is 6. The first-order valence-corrected chi connectivity index (χ1v) is 30.9. The van der Waals surface area contributed by atoms with Gasteiger partial charge in [-0.25, -0.2) is 0 Å². The molecule has 2 aromatic heterocycles. The Labute approximate surface area is 522 Å². The summed E-state index contributed by atoms with van der Waals surface area (Å²) in [5.74, 6) is 0. The number of hydrogen-bond acceptors (Lipinski definition) is 2. The van der Waals surface area contributed by atoms with Crippen molar-refractivity contribution in [3.8, 4) is 56.1 Å². The van der Waals surface area contributed by atoms with Gasteiger partial charge in [0.05, 0.1) is 22.4 Å². The lowest BCUT2D eigenvalue weighted by Gasteiger charge is -2.25. The number of hydrogen-bond donors (Lipinski definition) is 0. The smallest absolute Gasteiger partial charge is 0.0789 e. The SMILES string of the molecule is c1ccc(-c2c(-c3ccccc3)n(-c3ccc4c(ccc5cc(N(c6ccccc6)c6ccccc6)ccc54)c3)c3c2ccc2c(-c4ccccc4)c(-c4ccccc4)n(-c4ccc5c(ccc6cc(N(c7ccccc7)c7ccccc7)ccc65)c4)c23)cc1. The predicted molar refractivity (Wildman–Crippen MR) is 381 cm³/mol. The highest BCUT2D eigenvalue weighted by molar-refractivity contribution is 6.21. The molecule has 0 aliphatic heterocycles. The fraction of sp³-hybridized carbons (Fsp3) is 0. The highest BCUT2D eigenvalue weighted by atomic mass is 15.1. The van der Waals surface area contributed by atoms with E-state index >= 15 is 0 Å². The average molecular weight is 1150 g/mol. The van der Waals surface area contributed by atoms with Crippen LogP contribution in [0.4, 0.5) is 34.1 Å². The lowest BCUT2D eigenvalue weighted by atomic mass is 9.96. The monoisotopic (exact) mass is 1150 g/mol. The standard InChI is InChI=1S/C86H58N4/c1-9-25-59(26-10-1)81-79-53-54-80-82(60-27-11-2-12-28-60)84(62-31-15-4-16-32-62)90(74-48-52-78-66(58-74)44-42-64-56-72(46-50-76(64)78)88(69-37-21-7-22-38-69)70-39-23-8-24-40-70)86(80)85(79)89(83(81)61-29-13-3-14-30-61)73-47-51-77-65(57-73)43-41-63-55-71(45-49-75(63)77)87(67-33-17-5-18-34-67)68-35-19-6-20-36-68/h1-58H. The summed E-state index contributed by atoms with van der Waals surface area (Å²) in [6.45, 7) is 0. The third-order valence-electron chi connectivity index (χ3n) is 18.0. The molecular weight excluding hydrogens is 1090 g/mol. The van der Waals surface area contributed by atoms with Crippen LogP contribution in [0.1, 0.15) is 0 Å². The molecule has 90 heavy (non-hydrogen) atoms. The van der Waals surface area contributed by atoms with Gasteiger partial charge in [0.15, 0.2) is 0 Å². The molecule has 0 aliphatic carbocycles. The van der Waals surface area contributed by atoms with Crippen LogP contribution < -0.4 is 9.80 Å². The normalized spacial score (nSPS) is 11.6. The third kappa shape index (κ3) is 8.92. The van der Waals surface area contributed by atoms with Gasteiger partial charge in [-0.05, 0) is 162 Å². The van der Waals surface area contributed by atoms with Gasteiger partial charge in [-0.15, -0.1) is 0 Å². The van der Waals surface area contributed by atoms with Crippen molar-refractivity contribution in [2.45, 2.75) is 0 Å². The molecule has 2 heterocycles. The highest BCUT2D eigenvalue weighted by Crippen LogP contribution is 2.51. The molecule has 0 N–H and O–H groups in total. The van der Waals surface area contributed by atoms with Gasteiger partial charge < -0.3 is 18.9 Å². The van der Waals surface area contributed by atoms with Crippen molar-refractivity contribution < 1.29 is 0 Å². The van der Waals surface area contributed by atoms with Gasteiger partial charge in [0.1, 0.15) is 0 Å². The lowest BCUT2D eigenvalue weighted by Crippen LogP contribution is -2.09. The van der Waals surface area contributed by atoms with Crippen LogP contribution in [0.15, 0.2) is 352 Å². The average Bonchev–Trinajstić information content (AvgIpc) is 1.54. The van der Waals surface area contributed by atoms with Crippen molar-refractivity contribution in [2.75, 3.05) is 9.80 Å². The van der Waals surface area contributed by atoms with Crippen LogP contribution in [0.2, 0.25) is 0 Å².